The van der Waals surface area contributed by atoms with Gasteiger partial charge < -0.3 is 4.74 Å². The van der Waals surface area contributed by atoms with Crippen LogP contribution in [0.2, 0.25) is 0 Å². The van der Waals surface area contributed by atoms with Crippen LogP contribution in [0.4, 0.5) is 4.39 Å². The van der Waals surface area contributed by atoms with Crippen molar-refractivity contribution in [2.24, 2.45) is 5.92 Å². The maximum absolute atomic E-state index is 9.50. The fourth-order valence-corrected chi connectivity index (χ4v) is 2.44. The van der Waals surface area contributed by atoms with Crippen LogP contribution in [0, 0.1) is 12.8 Å². The molecule has 0 saturated heterocycles. The van der Waals surface area contributed by atoms with Crippen molar-refractivity contribution in [1.29, 1.82) is 0 Å². The number of hydrogen-bond acceptors (Lipinski definition) is 1. The summed E-state index contributed by atoms with van der Waals surface area (Å²) >= 11 is 0. The van der Waals surface area contributed by atoms with E-state index >= 15 is 0 Å². The Labute approximate surface area is 149 Å². The van der Waals surface area contributed by atoms with Gasteiger partial charge in [-0.2, -0.15) is 0 Å². The number of rotatable bonds is 3. The van der Waals surface area contributed by atoms with E-state index in [4.69, 9.17) is 4.74 Å². The topological polar surface area (TPSA) is 9.23 Å². The fraction of sp³-hybridized carbons (Fsp3) is 0.545. The molecule has 0 N–H and O–H groups in total. The second kappa shape index (κ2) is 15.1. The van der Waals surface area contributed by atoms with Gasteiger partial charge in [0.2, 0.25) is 0 Å². The lowest BCUT2D eigenvalue weighted by Gasteiger charge is -2.26. The monoisotopic (exact) mass is 336 g/mol. The minimum absolute atomic E-state index is 0.189. The first-order chi connectivity index (χ1) is 11.6. The van der Waals surface area contributed by atoms with Gasteiger partial charge in [-0.15, -0.1) is 0 Å². The lowest BCUT2D eigenvalue weighted by molar-refractivity contribution is 0.146. The number of benzene rings is 1. The van der Waals surface area contributed by atoms with Crippen LogP contribution in [0.5, 0.6) is 0 Å². The van der Waals surface area contributed by atoms with Gasteiger partial charge >= 0.3 is 0 Å². The van der Waals surface area contributed by atoms with E-state index in [0.717, 1.165) is 6.42 Å². The van der Waals surface area contributed by atoms with Gasteiger partial charge in [0.15, 0.2) is 0 Å². The van der Waals surface area contributed by atoms with Crippen LogP contribution in [0.15, 0.2) is 42.0 Å². The first-order valence-corrected chi connectivity index (χ1v) is 9.00. The molecule has 24 heavy (non-hydrogen) atoms. The number of alkyl halides is 1. The molecule has 0 aromatic heterocycles. The molecule has 2 heteroatoms. The number of halogens is 1. The molecule has 1 atom stereocenters. The van der Waals surface area contributed by atoms with Crippen LogP contribution in [0.25, 0.3) is 5.57 Å². The van der Waals surface area contributed by atoms with Crippen LogP contribution in [0.1, 0.15) is 59.1 Å². The van der Waals surface area contributed by atoms with Crippen molar-refractivity contribution in [2.75, 3.05) is 14.3 Å². The van der Waals surface area contributed by atoms with E-state index in [9.17, 15) is 4.39 Å². The summed E-state index contributed by atoms with van der Waals surface area (Å²) in [5.41, 5.74) is 5.34. The Bertz CT molecular complexity index is 486. The lowest BCUT2D eigenvalue weighted by Crippen LogP contribution is -2.18. The zero-order valence-electron chi connectivity index (χ0n) is 17.1. The summed E-state index contributed by atoms with van der Waals surface area (Å²) in [7, 11) is 2.30. The van der Waals surface area contributed by atoms with Crippen LogP contribution < -0.4 is 0 Å². The Morgan fingerprint density at radius 2 is 1.62 bits per heavy atom. The third kappa shape index (κ3) is 7.92. The molecule has 0 amide bonds. The molecule has 0 radical (unpaired) electrons. The van der Waals surface area contributed by atoms with Gasteiger partial charge in [-0.1, -0.05) is 89.1 Å². The second-order valence-corrected chi connectivity index (χ2v) is 5.32. The summed E-state index contributed by atoms with van der Waals surface area (Å²) in [5.74, 6) is 0.595. The zero-order valence-corrected chi connectivity index (χ0v) is 17.1. The Morgan fingerprint density at radius 1 is 1.04 bits per heavy atom. The zero-order chi connectivity index (χ0) is 19.1. The highest BCUT2D eigenvalue weighted by Crippen LogP contribution is 2.32. The Balaban J connectivity index is 0. The van der Waals surface area contributed by atoms with E-state index in [1.807, 2.05) is 27.7 Å². The number of hydrogen-bond donors (Lipinski definition) is 0. The fourth-order valence-electron chi connectivity index (χ4n) is 2.44. The summed E-state index contributed by atoms with van der Waals surface area (Å²) in [6.45, 7) is 14.6. The van der Waals surface area contributed by atoms with Crippen molar-refractivity contribution in [3.8, 4) is 0 Å². The predicted molar refractivity (Wildman–Crippen MR) is 107 cm³/mol. The molecule has 0 fully saturated rings. The molecule has 0 heterocycles. The summed E-state index contributed by atoms with van der Waals surface area (Å²) in [4.78, 5) is 0. The second-order valence-electron chi connectivity index (χ2n) is 5.32. The molecule has 0 spiro atoms. The van der Waals surface area contributed by atoms with Crippen molar-refractivity contribution < 1.29 is 9.13 Å². The van der Waals surface area contributed by atoms with Crippen LogP contribution in [-0.4, -0.2) is 20.4 Å². The third-order valence-electron chi connectivity index (χ3n) is 3.62. The van der Waals surface area contributed by atoms with E-state index in [1.54, 1.807) is 7.11 Å². The van der Waals surface area contributed by atoms with Crippen molar-refractivity contribution in [1.82, 2.24) is 0 Å². The predicted octanol–water partition coefficient (Wildman–Crippen LogP) is 7.02. The Hall–Kier alpha value is -1.41. The highest BCUT2D eigenvalue weighted by molar-refractivity contribution is 5.72. The molecule has 138 valence electrons. The number of aryl methyl sites for hydroxylation is 1. The van der Waals surface area contributed by atoms with Crippen LogP contribution in [0.3, 0.4) is 0 Å². The van der Waals surface area contributed by atoms with E-state index in [2.05, 4.69) is 57.2 Å². The quantitative estimate of drug-likeness (QED) is 0.576. The summed E-state index contributed by atoms with van der Waals surface area (Å²) < 4.78 is 15.2. The molecule has 0 bridgehead atoms. The van der Waals surface area contributed by atoms with E-state index < -0.39 is 0 Å². The van der Waals surface area contributed by atoms with Gasteiger partial charge in [-0.3, -0.25) is 4.39 Å². The average Bonchev–Trinajstić information content (AvgIpc) is 2.66. The van der Waals surface area contributed by atoms with Gasteiger partial charge in [0.05, 0.1) is 13.3 Å². The van der Waals surface area contributed by atoms with Crippen molar-refractivity contribution >= 4 is 5.57 Å². The molecule has 0 aliphatic heterocycles. The number of ether oxygens (including phenoxy) is 1. The van der Waals surface area contributed by atoms with E-state index in [-0.39, 0.29) is 6.10 Å². The van der Waals surface area contributed by atoms with Gasteiger partial charge in [0.1, 0.15) is 0 Å². The maximum atomic E-state index is 9.50. The first kappa shape index (κ1) is 24.8. The number of methoxy groups -OCH3 is 1. The van der Waals surface area contributed by atoms with Gasteiger partial charge in [-0.25, -0.2) is 0 Å². The average molecular weight is 337 g/mol. The minimum atomic E-state index is 0.189. The third-order valence-corrected chi connectivity index (χ3v) is 3.62. The van der Waals surface area contributed by atoms with Gasteiger partial charge in [-0.05, 0) is 30.4 Å². The van der Waals surface area contributed by atoms with Crippen molar-refractivity contribution in [2.45, 2.75) is 61.0 Å². The molecule has 1 aromatic carbocycles. The molecule has 1 aliphatic carbocycles. The Kier molecular flexibility index (Phi) is 15.7. The molecular formula is C22H37FO. The molecule has 1 aliphatic rings. The lowest BCUT2D eigenvalue weighted by atomic mass is 9.86. The molecule has 1 unspecified atom stereocenters. The van der Waals surface area contributed by atoms with E-state index in [0.29, 0.717) is 13.1 Å². The molecule has 1 nitrogen and oxygen atoms in total. The first-order valence-electron chi connectivity index (χ1n) is 9.00. The molecule has 0 saturated carbocycles. The molecular weight excluding hydrogens is 299 g/mol. The summed E-state index contributed by atoms with van der Waals surface area (Å²) in [6, 6.07) is 8.63. The number of allylic oxidation sites excluding steroid dienone is 2. The molecule has 2 rings (SSSR count). The standard InChI is InChI=1S/C17H22O.2C2H6.CH3F/c1-12(2)14-8-9-16(17(11-14)18-4)15-7-5-6-13(3)10-15;3*1-2/h5-10,12,17H,11H2,1-4H3;2*1-2H3;1H3. The minimum Gasteiger partial charge on any atom is -0.376 e. The summed E-state index contributed by atoms with van der Waals surface area (Å²) in [5, 5.41) is 0. The van der Waals surface area contributed by atoms with Gasteiger partial charge in [0.25, 0.3) is 0 Å². The van der Waals surface area contributed by atoms with Crippen LogP contribution in [-0.2, 0) is 4.74 Å². The molecule has 1 aromatic rings. The maximum Gasteiger partial charge on any atom is 0.0864 e. The van der Waals surface area contributed by atoms with E-state index in [1.165, 1.54) is 22.3 Å². The normalized spacial score (nSPS) is 15.5. The SMILES string of the molecule is CC.CC.CF.COC1CC(C(C)C)=CC=C1c1cccc(C)c1. The van der Waals surface area contributed by atoms with Gasteiger partial charge in [0, 0.05) is 7.11 Å². The Morgan fingerprint density at radius 3 is 2.08 bits per heavy atom. The highest BCUT2D eigenvalue weighted by Gasteiger charge is 2.21. The van der Waals surface area contributed by atoms with Crippen molar-refractivity contribution in [3.63, 3.8) is 0 Å². The summed E-state index contributed by atoms with van der Waals surface area (Å²) in [6.07, 6.45) is 5.68. The largest absolute Gasteiger partial charge is 0.376 e. The van der Waals surface area contributed by atoms with Crippen LogP contribution >= 0.6 is 0 Å². The smallest absolute Gasteiger partial charge is 0.0864 e. The van der Waals surface area contributed by atoms with Crippen molar-refractivity contribution in [3.05, 3.63) is 53.1 Å². The highest BCUT2D eigenvalue weighted by atomic mass is 19.1.